The topological polar surface area (TPSA) is 45.8 Å². The van der Waals surface area contributed by atoms with E-state index in [-0.39, 0.29) is 5.56 Å². The fourth-order valence-electron chi connectivity index (χ4n) is 1.48. The van der Waals surface area contributed by atoms with Crippen LogP contribution in [0.15, 0.2) is 35.3 Å². The maximum absolute atomic E-state index is 11.4. The van der Waals surface area contributed by atoms with Gasteiger partial charge < -0.3 is 4.98 Å². The number of nitrogens with zero attached hydrogens (tertiary/aromatic N) is 1. The molecule has 0 fully saturated rings. The Bertz CT molecular complexity index is 541. The molecule has 2 rings (SSSR count). The maximum atomic E-state index is 11.4. The minimum atomic E-state index is -0.0582. The smallest absolute Gasteiger partial charge is 0.253 e. The SMILES string of the molecule is Cc1ccc(Cc2ncc(C)c(=O)[nH]2)cc1. The molecule has 1 N–H and O–H groups in total. The first-order valence-corrected chi connectivity index (χ1v) is 5.25. The van der Waals surface area contributed by atoms with Crippen LogP contribution in [-0.2, 0) is 6.42 Å². The molecule has 1 aromatic carbocycles. The quantitative estimate of drug-likeness (QED) is 0.830. The second-order valence-electron chi connectivity index (χ2n) is 4.00. The highest BCUT2D eigenvalue weighted by molar-refractivity contribution is 5.23. The molecule has 0 atom stereocenters. The summed E-state index contributed by atoms with van der Waals surface area (Å²) >= 11 is 0. The molecule has 3 heteroatoms. The maximum Gasteiger partial charge on any atom is 0.253 e. The summed E-state index contributed by atoms with van der Waals surface area (Å²) in [4.78, 5) is 18.4. The summed E-state index contributed by atoms with van der Waals surface area (Å²) in [5.41, 5.74) is 2.97. The van der Waals surface area contributed by atoms with Crippen molar-refractivity contribution in [3.8, 4) is 0 Å². The molecule has 3 nitrogen and oxygen atoms in total. The van der Waals surface area contributed by atoms with Crippen LogP contribution in [0.25, 0.3) is 0 Å². The Morgan fingerprint density at radius 2 is 1.88 bits per heavy atom. The molecule has 82 valence electrons. The third kappa shape index (κ3) is 2.37. The Morgan fingerprint density at radius 1 is 1.19 bits per heavy atom. The summed E-state index contributed by atoms with van der Waals surface area (Å²) in [6, 6.07) is 8.22. The minimum Gasteiger partial charge on any atom is -0.310 e. The number of rotatable bonds is 2. The largest absolute Gasteiger partial charge is 0.310 e. The van der Waals surface area contributed by atoms with Gasteiger partial charge in [0.25, 0.3) is 5.56 Å². The molecule has 0 saturated heterocycles. The summed E-state index contributed by atoms with van der Waals surface area (Å²) in [5.74, 6) is 0.708. The van der Waals surface area contributed by atoms with Gasteiger partial charge in [0, 0.05) is 18.2 Å². The number of aryl methyl sites for hydroxylation is 2. The molecule has 0 aliphatic carbocycles. The lowest BCUT2D eigenvalue weighted by Gasteiger charge is -2.02. The van der Waals surface area contributed by atoms with Gasteiger partial charge in [0.05, 0.1) is 0 Å². The van der Waals surface area contributed by atoms with Crippen LogP contribution in [0.1, 0.15) is 22.5 Å². The highest BCUT2D eigenvalue weighted by Gasteiger charge is 2.00. The van der Waals surface area contributed by atoms with E-state index in [0.29, 0.717) is 17.8 Å². The van der Waals surface area contributed by atoms with Crippen LogP contribution in [0.2, 0.25) is 0 Å². The van der Waals surface area contributed by atoms with Crippen LogP contribution in [-0.4, -0.2) is 9.97 Å². The molecular formula is C13H14N2O. The van der Waals surface area contributed by atoms with Crippen molar-refractivity contribution in [3.63, 3.8) is 0 Å². The van der Waals surface area contributed by atoms with E-state index in [1.54, 1.807) is 13.1 Å². The summed E-state index contributed by atoms with van der Waals surface area (Å²) in [6.07, 6.45) is 2.28. The molecule has 0 bridgehead atoms. The lowest BCUT2D eigenvalue weighted by Crippen LogP contribution is -2.13. The summed E-state index contributed by atoms with van der Waals surface area (Å²) < 4.78 is 0. The summed E-state index contributed by atoms with van der Waals surface area (Å²) in [6.45, 7) is 3.80. The fourth-order valence-corrected chi connectivity index (χ4v) is 1.48. The van der Waals surface area contributed by atoms with Crippen molar-refractivity contribution >= 4 is 0 Å². The van der Waals surface area contributed by atoms with Crippen LogP contribution >= 0.6 is 0 Å². The van der Waals surface area contributed by atoms with Gasteiger partial charge in [-0.15, -0.1) is 0 Å². The van der Waals surface area contributed by atoms with Crippen molar-refractivity contribution in [2.24, 2.45) is 0 Å². The third-order valence-corrected chi connectivity index (χ3v) is 2.52. The van der Waals surface area contributed by atoms with Gasteiger partial charge in [-0.2, -0.15) is 0 Å². The van der Waals surface area contributed by atoms with Gasteiger partial charge in [0.2, 0.25) is 0 Å². The second-order valence-corrected chi connectivity index (χ2v) is 4.00. The zero-order valence-corrected chi connectivity index (χ0v) is 9.45. The molecule has 16 heavy (non-hydrogen) atoms. The zero-order chi connectivity index (χ0) is 11.5. The van der Waals surface area contributed by atoms with Gasteiger partial charge >= 0.3 is 0 Å². The first-order chi connectivity index (χ1) is 7.65. The van der Waals surface area contributed by atoms with Crippen molar-refractivity contribution in [3.05, 3.63) is 63.3 Å². The number of nitrogens with one attached hydrogen (secondary N) is 1. The summed E-state index contributed by atoms with van der Waals surface area (Å²) in [5, 5.41) is 0. The Labute approximate surface area is 94.2 Å². The second kappa shape index (κ2) is 4.31. The van der Waals surface area contributed by atoms with Crippen molar-refractivity contribution in [2.45, 2.75) is 20.3 Å². The molecule has 0 aliphatic heterocycles. The average Bonchev–Trinajstić information content (AvgIpc) is 2.27. The molecule has 0 unspecified atom stereocenters. The third-order valence-electron chi connectivity index (χ3n) is 2.52. The molecule has 0 amide bonds. The first-order valence-electron chi connectivity index (χ1n) is 5.25. The number of aromatic amines is 1. The Hall–Kier alpha value is -1.90. The van der Waals surface area contributed by atoms with Gasteiger partial charge in [-0.3, -0.25) is 4.79 Å². The van der Waals surface area contributed by atoms with Crippen molar-refractivity contribution < 1.29 is 0 Å². The van der Waals surface area contributed by atoms with Gasteiger partial charge in [0.1, 0.15) is 5.82 Å². The highest BCUT2D eigenvalue weighted by atomic mass is 16.1. The number of aromatic nitrogens is 2. The van der Waals surface area contributed by atoms with Gasteiger partial charge in [-0.25, -0.2) is 4.98 Å². The van der Waals surface area contributed by atoms with Crippen LogP contribution < -0.4 is 5.56 Å². The minimum absolute atomic E-state index is 0.0582. The summed E-state index contributed by atoms with van der Waals surface area (Å²) in [7, 11) is 0. The van der Waals surface area contributed by atoms with E-state index in [0.717, 1.165) is 5.56 Å². The zero-order valence-electron chi connectivity index (χ0n) is 9.45. The predicted molar refractivity (Wildman–Crippen MR) is 63.6 cm³/mol. The van der Waals surface area contributed by atoms with Crippen LogP contribution in [0.5, 0.6) is 0 Å². The molecule has 2 aromatic rings. The fraction of sp³-hybridized carbons (Fsp3) is 0.231. The molecule has 0 radical (unpaired) electrons. The lowest BCUT2D eigenvalue weighted by atomic mass is 10.1. The molecule has 1 aromatic heterocycles. The monoisotopic (exact) mass is 214 g/mol. The Kier molecular flexibility index (Phi) is 2.86. The Balaban J connectivity index is 2.24. The molecular weight excluding hydrogens is 200 g/mol. The highest BCUT2D eigenvalue weighted by Crippen LogP contribution is 2.06. The average molecular weight is 214 g/mol. The number of H-pyrrole nitrogens is 1. The van der Waals surface area contributed by atoms with E-state index in [9.17, 15) is 4.79 Å². The number of hydrogen-bond acceptors (Lipinski definition) is 2. The molecule has 1 heterocycles. The molecule has 0 aliphatic rings. The van der Waals surface area contributed by atoms with Crippen molar-refractivity contribution in [1.29, 1.82) is 0 Å². The predicted octanol–water partition coefficient (Wildman–Crippen LogP) is 1.98. The first kappa shape index (κ1) is 10.6. The van der Waals surface area contributed by atoms with E-state index in [1.807, 2.05) is 0 Å². The molecule has 0 saturated carbocycles. The number of hydrogen-bond donors (Lipinski definition) is 1. The van der Waals surface area contributed by atoms with Gasteiger partial charge in [-0.1, -0.05) is 29.8 Å². The van der Waals surface area contributed by atoms with Crippen LogP contribution in [0, 0.1) is 13.8 Å². The Morgan fingerprint density at radius 3 is 2.50 bits per heavy atom. The van der Waals surface area contributed by atoms with Crippen LogP contribution in [0.4, 0.5) is 0 Å². The van der Waals surface area contributed by atoms with Gasteiger partial charge in [0.15, 0.2) is 0 Å². The van der Waals surface area contributed by atoms with E-state index < -0.39 is 0 Å². The van der Waals surface area contributed by atoms with Crippen molar-refractivity contribution in [1.82, 2.24) is 9.97 Å². The molecule has 0 spiro atoms. The van der Waals surface area contributed by atoms with Crippen molar-refractivity contribution in [2.75, 3.05) is 0 Å². The van der Waals surface area contributed by atoms with E-state index in [1.165, 1.54) is 5.56 Å². The normalized spacial score (nSPS) is 10.4. The number of benzene rings is 1. The van der Waals surface area contributed by atoms with E-state index in [4.69, 9.17) is 0 Å². The van der Waals surface area contributed by atoms with E-state index >= 15 is 0 Å². The van der Waals surface area contributed by atoms with Crippen LogP contribution in [0.3, 0.4) is 0 Å². The van der Waals surface area contributed by atoms with Gasteiger partial charge in [-0.05, 0) is 19.4 Å². The lowest BCUT2D eigenvalue weighted by molar-refractivity contribution is 0.930. The van der Waals surface area contributed by atoms with E-state index in [2.05, 4.69) is 41.2 Å². The standard InChI is InChI=1S/C13H14N2O/c1-9-3-5-11(6-4-9)7-12-14-8-10(2)13(16)15-12/h3-6,8H,7H2,1-2H3,(H,14,15,16).